The number of sulfonamides is 1. The number of methoxy groups -OCH3 is 1. The van der Waals surface area contributed by atoms with Crippen LogP contribution in [0.15, 0.2) is 41.3 Å². The van der Waals surface area contributed by atoms with E-state index in [9.17, 15) is 27.1 Å². The van der Waals surface area contributed by atoms with Gasteiger partial charge in [0.05, 0.1) is 18.4 Å². The van der Waals surface area contributed by atoms with Gasteiger partial charge in [0.1, 0.15) is 11.6 Å². The van der Waals surface area contributed by atoms with E-state index < -0.39 is 49.5 Å². The van der Waals surface area contributed by atoms with Gasteiger partial charge in [-0.3, -0.25) is 4.72 Å². The minimum Gasteiger partial charge on any atom is -0.506 e. The number of hydrogen-bond donors (Lipinski definition) is 2. The van der Waals surface area contributed by atoms with E-state index in [1.807, 2.05) is 0 Å². The van der Waals surface area contributed by atoms with Crippen molar-refractivity contribution in [3.8, 4) is 5.75 Å². The van der Waals surface area contributed by atoms with Crippen molar-refractivity contribution in [3.05, 3.63) is 53.6 Å². The molecule has 0 bridgehead atoms. The Morgan fingerprint density at radius 2 is 1.83 bits per heavy atom. The molecular weight excluding hydrogens is 332 g/mol. The van der Waals surface area contributed by atoms with Gasteiger partial charge >= 0.3 is 5.97 Å². The molecule has 0 aromatic heterocycles. The van der Waals surface area contributed by atoms with Crippen molar-refractivity contribution >= 4 is 21.7 Å². The number of anilines is 1. The summed E-state index contributed by atoms with van der Waals surface area (Å²) < 4.78 is 58.3. The van der Waals surface area contributed by atoms with Crippen LogP contribution in [0.5, 0.6) is 5.75 Å². The van der Waals surface area contributed by atoms with E-state index in [0.29, 0.717) is 0 Å². The first kappa shape index (κ1) is 16.7. The van der Waals surface area contributed by atoms with Gasteiger partial charge in [-0.15, -0.1) is 0 Å². The number of ether oxygens (including phenoxy) is 1. The summed E-state index contributed by atoms with van der Waals surface area (Å²) >= 11 is 0. The second-order valence-corrected chi connectivity index (χ2v) is 5.97. The Hall–Kier alpha value is -2.68. The zero-order valence-electron chi connectivity index (χ0n) is 11.7. The molecule has 0 fully saturated rings. The van der Waals surface area contributed by atoms with Crippen LogP contribution in [0.3, 0.4) is 0 Å². The lowest BCUT2D eigenvalue weighted by atomic mass is 10.2. The molecule has 0 aliphatic heterocycles. The van der Waals surface area contributed by atoms with E-state index in [1.54, 1.807) is 4.72 Å². The van der Waals surface area contributed by atoms with E-state index in [-0.39, 0.29) is 0 Å². The van der Waals surface area contributed by atoms with Crippen LogP contribution in [0, 0.1) is 11.6 Å². The Morgan fingerprint density at radius 3 is 2.43 bits per heavy atom. The number of nitrogens with one attached hydrogen (secondary N) is 1. The first-order chi connectivity index (χ1) is 10.8. The molecule has 0 aliphatic carbocycles. The molecule has 6 nitrogen and oxygen atoms in total. The van der Waals surface area contributed by atoms with Crippen molar-refractivity contribution in [1.29, 1.82) is 0 Å². The lowest BCUT2D eigenvalue weighted by Crippen LogP contribution is -2.17. The number of esters is 1. The van der Waals surface area contributed by atoms with E-state index in [2.05, 4.69) is 4.74 Å². The van der Waals surface area contributed by atoms with Crippen LogP contribution >= 0.6 is 0 Å². The first-order valence-corrected chi connectivity index (χ1v) is 7.63. The molecule has 0 unspecified atom stereocenters. The quantitative estimate of drug-likeness (QED) is 0.831. The van der Waals surface area contributed by atoms with Gasteiger partial charge in [-0.2, -0.15) is 0 Å². The second-order valence-electron chi connectivity index (χ2n) is 4.35. The van der Waals surface area contributed by atoms with Crippen molar-refractivity contribution in [3.63, 3.8) is 0 Å². The molecule has 0 atom stereocenters. The van der Waals surface area contributed by atoms with Crippen molar-refractivity contribution in [2.75, 3.05) is 11.8 Å². The smallest absolute Gasteiger partial charge is 0.340 e. The van der Waals surface area contributed by atoms with Crippen LogP contribution in [0.4, 0.5) is 14.5 Å². The largest absolute Gasteiger partial charge is 0.506 e. The molecule has 2 aromatic carbocycles. The molecule has 0 saturated carbocycles. The molecule has 9 heteroatoms. The fourth-order valence-corrected chi connectivity index (χ4v) is 3.06. The molecule has 2 aromatic rings. The van der Waals surface area contributed by atoms with Crippen LogP contribution in [0.25, 0.3) is 0 Å². The molecule has 0 aliphatic rings. The molecule has 0 amide bonds. The number of phenols is 1. The number of halogens is 2. The second kappa shape index (κ2) is 6.21. The maximum Gasteiger partial charge on any atom is 0.340 e. The highest BCUT2D eigenvalue weighted by Crippen LogP contribution is 2.28. The van der Waals surface area contributed by atoms with Crippen LogP contribution in [-0.2, 0) is 14.8 Å². The van der Waals surface area contributed by atoms with E-state index in [0.717, 1.165) is 37.4 Å². The summed E-state index contributed by atoms with van der Waals surface area (Å²) in [7, 11) is -3.58. The molecule has 0 heterocycles. The lowest BCUT2D eigenvalue weighted by molar-refractivity contribution is 0.0595. The summed E-state index contributed by atoms with van der Waals surface area (Å²) in [6.07, 6.45) is 0. The predicted molar refractivity (Wildman–Crippen MR) is 76.6 cm³/mol. The Kier molecular flexibility index (Phi) is 4.50. The Bertz CT molecular complexity index is 847. The Morgan fingerprint density at radius 1 is 1.17 bits per heavy atom. The van der Waals surface area contributed by atoms with Gasteiger partial charge < -0.3 is 9.84 Å². The highest BCUT2D eigenvalue weighted by atomic mass is 32.2. The highest BCUT2D eigenvalue weighted by Gasteiger charge is 2.26. The van der Waals surface area contributed by atoms with Gasteiger partial charge in [0.25, 0.3) is 10.0 Å². The van der Waals surface area contributed by atoms with Crippen molar-refractivity contribution < 1.29 is 31.8 Å². The summed E-state index contributed by atoms with van der Waals surface area (Å²) in [6.45, 7) is 0. The van der Waals surface area contributed by atoms with E-state index >= 15 is 0 Å². The Labute approximate surface area is 130 Å². The molecule has 0 radical (unpaired) electrons. The summed E-state index contributed by atoms with van der Waals surface area (Å²) in [5, 5.41) is 9.53. The van der Waals surface area contributed by atoms with Crippen LogP contribution in [-0.4, -0.2) is 26.6 Å². The summed E-state index contributed by atoms with van der Waals surface area (Å²) in [5.41, 5.74) is -1.08. The number of aromatic hydroxyl groups is 1. The zero-order valence-corrected chi connectivity index (χ0v) is 12.5. The maximum atomic E-state index is 14.2. The summed E-state index contributed by atoms with van der Waals surface area (Å²) in [5.74, 6) is -4.22. The van der Waals surface area contributed by atoms with Crippen LogP contribution in [0.1, 0.15) is 10.4 Å². The summed E-state index contributed by atoms with van der Waals surface area (Å²) in [4.78, 5) is 10.4. The molecule has 122 valence electrons. The van der Waals surface area contributed by atoms with E-state index in [4.69, 9.17) is 0 Å². The average molecular weight is 343 g/mol. The molecule has 0 spiro atoms. The van der Waals surface area contributed by atoms with Gasteiger partial charge in [0, 0.05) is 0 Å². The van der Waals surface area contributed by atoms with Gasteiger partial charge in [-0.25, -0.2) is 22.0 Å². The number of benzene rings is 2. The number of rotatable bonds is 4. The predicted octanol–water partition coefficient (Wildman–Crippen LogP) is 2.26. The zero-order chi connectivity index (χ0) is 17.2. The van der Waals surface area contributed by atoms with Gasteiger partial charge in [0.2, 0.25) is 0 Å². The summed E-state index contributed by atoms with van der Waals surface area (Å²) in [6, 6.07) is 6.27. The average Bonchev–Trinajstić information content (AvgIpc) is 2.48. The fourth-order valence-electron chi connectivity index (χ4n) is 1.84. The minimum atomic E-state index is -4.61. The van der Waals surface area contributed by atoms with Gasteiger partial charge in [-0.1, -0.05) is 12.1 Å². The minimum absolute atomic E-state index is 0.495. The molecule has 23 heavy (non-hydrogen) atoms. The topological polar surface area (TPSA) is 92.7 Å². The highest BCUT2D eigenvalue weighted by molar-refractivity contribution is 7.92. The molecule has 0 saturated heterocycles. The normalized spacial score (nSPS) is 11.1. The third-order valence-corrected chi connectivity index (χ3v) is 4.29. The molecule has 2 N–H and O–H groups in total. The van der Waals surface area contributed by atoms with Gasteiger partial charge in [0.15, 0.2) is 10.7 Å². The third-order valence-electron chi connectivity index (χ3n) is 2.86. The third kappa shape index (κ3) is 3.24. The first-order valence-electron chi connectivity index (χ1n) is 6.15. The monoisotopic (exact) mass is 343 g/mol. The standard InChI is InChI=1S/C14H11F2NO5S/c1-22-14(19)8-4-2-6-10(12(8)16)17-23(20,21)13-9(15)5-3-7-11(13)18/h2-7,17-18H,1H3. The van der Waals surface area contributed by atoms with E-state index in [1.165, 1.54) is 6.07 Å². The maximum absolute atomic E-state index is 14.2. The number of carbonyl (C=O) groups is 1. The lowest BCUT2D eigenvalue weighted by Gasteiger charge is -2.12. The Balaban J connectivity index is 2.49. The fraction of sp³-hybridized carbons (Fsp3) is 0.0714. The SMILES string of the molecule is COC(=O)c1cccc(NS(=O)(=O)c2c(O)cccc2F)c1F. The molecular formula is C14H11F2NO5S. The van der Waals surface area contributed by atoms with Crippen molar-refractivity contribution in [2.45, 2.75) is 4.90 Å². The van der Waals surface area contributed by atoms with Crippen molar-refractivity contribution in [1.82, 2.24) is 0 Å². The van der Waals surface area contributed by atoms with Crippen LogP contribution in [0.2, 0.25) is 0 Å². The van der Waals surface area contributed by atoms with Crippen molar-refractivity contribution in [2.24, 2.45) is 0 Å². The number of hydrogen-bond acceptors (Lipinski definition) is 5. The number of phenolic OH excluding ortho intramolecular Hbond substituents is 1. The number of carbonyl (C=O) groups excluding carboxylic acids is 1. The van der Waals surface area contributed by atoms with Gasteiger partial charge in [-0.05, 0) is 24.3 Å². The van der Waals surface area contributed by atoms with Crippen LogP contribution < -0.4 is 4.72 Å². The molecule has 2 rings (SSSR count).